The molecule has 68 valence electrons. The van der Waals surface area contributed by atoms with Crippen molar-refractivity contribution < 1.29 is 0 Å². The number of nitriles is 1. The lowest BCUT2D eigenvalue weighted by Gasteiger charge is -1.92. The smallest absolute Gasteiger partial charge is 0.128 e. The van der Waals surface area contributed by atoms with Gasteiger partial charge in [0, 0.05) is 22.8 Å². The third kappa shape index (κ3) is 1.45. The van der Waals surface area contributed by atoms with Gasteiger partial charge in [-0.3, -0.25) is 4.98 Å². The standard InChI is InChI=1S/C10H7N3S/c11-5-10-8(12)4-9(14-10)7-2-1-3-13-6-7/h1-4,6H,12H2. The Hall–Kier alpha value is -1.86. The van der Waals surface area contributed by atoms with Crippen LogP contribution < -0.4 is 5.73 Å². The molecule has 0 aliphatic rings. The highest BCUT2D eigenvalue weighted by Crippen LogP contribution is 2.31. The second kappa shape index (κ2) is 3.48. The van der Waals surface area contributed by atoms with E-state index in [2.05, 4.69) is 11.1 Å². The van der Waals surface area contributed by atoms with Gasteiger partial charge in [-0.2, -0.15) is 5.26 Å². The van der Waals surface area contributed by atoms with Gasteiger partial charge >= 0.3 is 0 Å². The molecule has 0 radical (unpaired) electrons. The van der Waals surface area contributed by atoms with Crippen LogP contribution in [0.3, 0.4) is 0 Å². The summed E-state index contributed by atoms with van der Waals surface area (Å²) < 4.78 is 0. The fourth-order valence-electron chi connectivity index (χ4n) is 1.14. The summed E-state index contributed by atoms with van der Waals surface area (Å²) >= 11 is 1.39. The fraction of sp³-hybridized carbons (Fsp3) is 0. The number of anilines is 1. The zero-order valence-corrected chi connectivity index (χ0v) is 8.08. The Kier molecular flexibility index (Phi) is 2.17. The number of nitrogens with two attached hydrogens (primary N) is 1. The fourth-order valence-corrected chi connectivity index (χ4v) is 2.01. The predicted octanol–water partition coefficient (Wildman–Crippen LogP) is 2.26. The molecule has 2 aromatic heterocycles. The van der Waals surface area contributed by atoms with Crippen LogP contribution in [0.5, 0.6) is 0 Å². The Morgan fingerprint density at radius 3 is 2.93 bits per heavy atom. The van der Waals surface area contributed by atoms with Gasteiger partial charge in [0.15, 0.2) is 0 Å². The van der Waals surface area contributed by atoms with Gasteiger partial charge in [-0.15, -0.1) is 11.3 Å². The highest BCUT2D eigenvalue weighted by molar-refractivity contribution is 7.16. The SMILES string of the molecule is N#Cc1sc(-c2cccnc2)cc1N. The van der Waals surface area contributed by atoms with Crippen LogP contribution in [0.1, 0.15) is 4.88 Å². The second-order valence-corrected chi connectivity index (χ2v) is 3.80. The molecule has 2 heterocycles. The third-order valence-electron chi connectivity index (χ3n) is 1.81. The van der Waals surface area contributed by atoms with Crippen LogP contribution in [0.2, 0.25) is 0 Å². The van der Waals surface area contributed by atoms with Gasteiger partial charge < -0.3 is 5.73 Å². The number of nitrogens with zero attached hydrogens (tertiary/aromatic N) is 2. The highest BCUT2D eigenvalue weighted by atomic mass is 32.1. The maximum Gasteiger partial charge on any atom is 0.128 e. The number of nitrogen functional groups attached to an aromatic ring is 1. The molecule has 0 aromatic carbocycles. The number of pyridine rings is 1. The van der Waals surface area contributed by atoms with E-state index < -0.39 is 0 Å². The first-order chi connectivity index (χ1) is 6.81. The predicted molar refractivity (Wildman–Crippen MR) is 56.7 cm³/mol. The molecule has 0 atom stereocenters. The molecule has 2 N–H and O–H groups in total. The first-order valence-electron chi connectivity index (χ1n) is 4.01. The van der Waals surface area contributed by atoms with Crippen LogP contribution in [-0.4, -0.2) is 4.98 Å². The second-order valence-electron chi connectivity index (χ2n) is 2.75. The maximum atomic E-state index is 8.74. The van der Waals surface area contributed by atoms with Gasteiger partial charge in [-0.25, -0.2) is 0 Å². The molecule has 0 saturated heterocycles. The van der Waals surface area contributed by atoms with E-state index in [1.54, 1.807) is 18.5 Å². The molecule has 0 amide bonds. The molecule has 0 saturated carbocycles. The van der Waals surface area contributed by atoms with Crippen molar-refractivity contribution >= 4 is 17.0 Å². The molecule has 3 nitrogen and oxygen atoms in total. The summed E-state index contributed by atoms with van der Waals surface area (Å²) in [5.74, 6) is 0. The van der Waals surface area contributed by atoms with Gasteiger partial charge in [0.05, 0.1) is 5.69 Å². The first kappa shape index (κ1) is 8.73. The van der Waals surface area contributed by atoms with Crippen molar-refractivity contribution in [2.24, 2.45) is 0 Å². The Morgan fingerprint density at radius 2 is 2.36 bits per heavy atom. The van der Waals surface area contributed by atoms with Crippen LogP contribution >= 0.6 is 11.3 Å². The van der Waals surface area contributed by atoms with E-state index in [0.717, 1.165) is 10.4 Å². The lowest BCUT2D eigenvalue weighted by molar-refractivity contribution is 1.33. The van der Waals surface area contributed by atoms with Crippen molar-refractivity contribution in [3.8, 4) is 16.5 Å². The molecular formula is C10H7N3S. The Labute approximate surface area is 85.4 Å². The van der Waals surface area contributed by atoms with Crippen molar-refractivity contribution in [1.82, 2.24) is 4.98 Å². The summed E-state index contributed by atoms with van der Waals surface area (Å²) in [5.41, 5.74) is 7.19. The minimum Gasteiger partial charge on any atom is -0.397 e. The summed E-state index contributed by atoms with van der Waals surface area (Å²) in [5, 5.41) is 8.74. The molecular weight excluding hydrogens is 194 g/mol. The Balaban J connectivity index is 2.50. The maximum absolute atomic E-state index is 8.74. The summed E-state index contributed by atoms with van der Waals surface area (Å²) in [6.07, 6.45) is 3.47. The van der Waals surface area contributed by atoms with Crippen molar-refractivity contribution in [2.45, 2.75) is 0 Å². The minimum atomic E-state index is 0.538. The lowest BCUT2D eigenvalue weighted by atomic mass is 10.2. The topological polar surface area (TPSA) is 62.7 Å². The number of thiophene rings is 1. The third-order valence-corrected chi connectivity index (χ3v) is 2.91. The first-order valence-corrected chi connectivity index (χ1v) is 4.82. The summed E-state index contributed by atoms with van der Waals surface area (Å²) in [6, 6.07) is 7.67. The molecule has 0 aliphatic carbocycles. The van der Waals surface area contributed by atoms with E-state index in [9.17, 15) is 0 Å². The van der Waals surface area contributed by atoms with Crippen molar-refractivity contribution in [1.29, 1.82) is 5.26 Å². The molecule has 0 spiro atoms. The van der Waals surface area contributed by atoms with E-state index in [-0.39, 0.29) is 0 Å². The van der Waals surface area contributed by atoms with Crippen LogP contribution in [0.25, 0.3) is 10.4 Å². The molecule has 0 aliphatic heterocycles. The molecule has 0 bridgehead atoms. The average molecular weight is 201 g/mol. The molecule has 2 aromatic rings. The van der Waals surface area contributed by atoms with Crippen molar-refractivity contribution in [3.05, 3.63) is 35.5 Å². The quantitative estimate of drug-likeness (QED) is 0.769. The largest absolute Gasteiger partial charge is 0.397 e. The van der Waals surface area contributed by atoms with E-state index in [1.165, 1.54) is 11.3 Å². The molecule has 14 heavy (non-hydrogen) atoms. The van der Waals surface area contributed by atoms with Crippen molar-refractivity contribution in [2.75, 3.05) is 5.73 Å². The molecule has 4 heteroatoms. The zero-order valence-electron chi connectivity index (χ0n) is 7.27. The number of aromatic nitrogens is 1. The van der Waals surface area contributed by atoms with E-state index in [4.69, 9.17) is 11.0 Å². The Bertz CT molecular complexity index is 482. The van der Waals surface area contributed by atoms with Gasteiger partial charge in [0.2, 0.25) is 0 Å². The molecule has 2 rings (SSSR count). The zero-order chi connectivity index (χ0) is 9.97. The van der Waals surface area contributed by atoms with Gasteiger partial charge in [-0.05, 0) is 12.1 Å². The summed E-state index contributed by atoms with van der Waals surface area (Å²) in [6.45, 7) is 0. The van der Waals surface area contributed by atoms with Gasteiger partial charge in [0.25, 0.3) is 0 Å². The van der Waals surface area contributed by atoms with Gasteiger partial charge in [0.1, 0.15) is 10.9 Å². The van der Waals surface area contributed by atoms with Crippen LogP contribution in [-0.2, 0) is 0 Å². The number of hydrogen-bond donors (Lipinski definition) is 1. The average Bonchev–Trinajstić information content (AvgIpc) is 2.61. The monoisotopic (exact) mass is 201 g/mol. The van der Waals surface area contributed by atoms with E-state index >= 15 is 0 Å². The number of rotatable bonds is 1. The number of hydrogen-bond acceptors (Lipinski definition) is 4. The lowest BCUT2D eigenvalue weighted by Crippen LogP contribution is -1.81. The van der Waals surface area contributed by atoms with E-state index in [1.807, 2.05) is 12.1 Å². The van der Waals surface area contributed by atoms with Crippen molar-refractivity contribution in [3.63, 3.8) is 0 Å². The molecule has 0 fully saturated rings. The highest BCUT2D eigenvalue weighted by Gasteiger charge is 2.06. The Morgan fingerprint density at radius 1 is 1.50 bits per heavy atom. The summed E-state index contributed by atoms with van der Waals surface area (Å²) in [7, 11) is 0. The van der Waals surface area contributed by atoms with Crippen LogP contribution in [0, 0.1) is 11.3 Å². The van der Waals surface area contributed by atoms with Gasteiger partial charge in [-0.1, -0.05) is 6.07 Å². The van der Waals surface area contributed by atoms with Crippen LogP contribution in [0.4, 0.5) is 5.69 Å². The minimum absolute atomic E-state index is 0.538. The van der Waals surface area contributed by atoms with E-state index in [0.29, 0.717) is 10.6 Å². The molecule has 0 unspecified atom stereocenters. The normalized spacial score (nSPS) is 9.64. The van der Waals surface area contributed by atoms with Crippen LogP contribution in [0.15, 0.2) is 30.6 Å². The summed E-state index contributed by atoms with van der Waals surface area (Å²) in [4.78, 5) is 5.55.